The van der Waals surface area contributed by atoms with Crippen molar-refractivity contribution in [3.63, 3.8) is 0 Å². The van der Waals surface area contributed by atoms with E-state index in [1.807, 2.05) is 6.26 Å². The number of nitrogens with zero attached hydrogens (tertiary/aromatic N) is 1. The maximum absolute atomic E-state index is 10.4. The number of hydrogen-bond acceptors (Lipinski definition) is 4. The highest BCUT2D eigenvalue weighted by atomic mass is 32.2. The summed E-state index contributed by atoms with van der Waals surface area (Å²) in [6, 6.07) is 0.416. The third-order valence-corrected chi connectivity index (χ3v) is 3.56. The Morgan fingerprint density at radius 2 is 1.88 bits per heavy atom. The number of hydrogen-bond donors (Lipinski definition) is 1. The molecule has 0 saturated heterocycles. The van der Waals surface area contributed by atoms with Crippen molar-refractivity contribution in [3.8, 4) is 0 Å². The van der Waals surface area contributed by atoms with E-state index in [0.29, 0.717) is 11.1 Å². The van der Waals surface area contributed by atoms with Crippen LogP contribution in [-0.4, -0.2) is 17.2 Å². The highest BCUT2D eigenvalue weighted by molar-refractivity contribution is 8.02. The van der Waals surface area contributed by atoms with Gasteiger partial charge in [-0.25, -0.2) is 0 Å². The molecule has 0 amide bonds. The Labute approximate surface area is 101 Å². The predicted molar refractivity (Wildman–Crippen MR) is 67.8 cm³/mol. The van der Waals surface area contributed by atoms with E-state index < -0.39 is 0 Å². The molecular formula is C11H20N2O2S. The van der Waals surface area contributed by atoms with Gasteiger partial charge in [0.1, 0.15) is 5.03 Å². The molecule has 16 heavy (non-hydrogen) atoms. The van der Waals surface area contributed by atoms with Gasteiger partial charge in [0.05, 0.1) is 4.92 Å². The molecule has 0 aromatic carbocycles. The lowest BCUT2D eigenvalue weighted by Crippen LogP contribution is -2.28. The van der Waals surface area contributed by atoms with Gasteiger partial charge in [0.25, 0.3) is 6.20 Å². The molecule has 0 unspecified atom stereocenters. The maximum atomic E-state index is 10.4. The zero-order valence-corrected chi connectivity index (χ0v) is 10.6. The van der Waals surface area contributed by atoms with Gasteiger partial charge < -0.3 is 5.32 Å². The van der Waals surface area contributed by atoms with Crippen LogP contribution < -0.4 is 5.32 Å². The van der Waals surface area contributed by atoms with Crippen molar-refractivity contribution < 1.29 is 4.92 Å². The van der Waals surface area contributed by atoms with Crippen molar-refractivity contribution in [2.24, 2.45) is 0 Å². The molecule has 5 heteroatoms. The Morgan fingerprint density at radius 3 is 2.38 bits per heavy atom. The molecule has 1 N–H and O–H groups in total. The summed E-state index contributed by atoms with van der Waals surface area (Å²) in [6.45, 7) is 0. The summed E-state index contributed by atoms with van der Waals surface area (Å²) in [5, 5.41) is 14.4. The van der Waals surface area contributed by atoms with E-state index in [2.05, 4.69) is 5.32 Å². The Morgan fingerprint density at radius 1 is 1.31 bits per heavy atom. The van der Waals surface area contributed by atoms with E-state index in [-0.39, 0.29) is 4.92 Å². The van der Waals surface area contributed by atoms with E-state index >= 15 is 0 Å². The van der Waals surface area contributed by atoms with Crippen LogP contribution in [0, 0.1) is 10.1 Å². The number of rotatable bonds is 4. The van der Waals surface area contributed by atoms with Gasteiger partial charge in [0.2, 0.25) is 0 Å². The van der Waals surface area contributed by atoms with Gasteiger partial charge in [0.15, 0.2) is 0 Å². The third kappa shape index (κ3) is 5.39. The van der Waals surface area contributed by atoms with E-state index in [1.54, 1.807) is 0 Å². The number of nitrogens with one attached hydrogen (secondary N) is 1. The molecule has 0 radical (unpaired) electrons. The molecule has 1 aliphatic rings. The Kier molecular flexibility index (Phi) is 6.30. The van der Waals surface area contributed by atoms with E-state index in [0.717, 1.165) is 19.0 Å². The summed E-state index contributed by atoms with van der Waals surface area (Å²) in [5.41, 5.74) is 0. The van der Waals surface area contributed by atoms with Crippen LogP contribution in [0.3, 0.4) is 0 Å². The first-order valence-electron chi connectivity index (χ1n) is 5.88. The molecule has 1 fully saturated rings. The summed E-state index contributed by atoms with van der Waals surface area (Å²) in [6.07, 6.45) is 11.6. The Bertz CT molecular complexity index is 248. The first-order valence-corrected chi connectivity index (χ1v) is 7.10. The van der Waals surface area contributed by atoms with Crippen LogP contribution in [0.4, 0.5) is 0 Å². The van der Waals surface area contributed by atoms with E-state index in [1.165, 1.54) is 43.9 Å². The van der Waals surface area contributed by atoms with E-state index in [9.17, 15) is 10.1 Å². The molecule has 0 atom stereocenters. The van der Waals surface area contributed by atoms with Crippen molar-refractivity contribution in [3.05, 3.63) is 21.3 Å². The van der Waals surface area contributed by atoms with Gasteiger partial charge in [-0.2, -0.15) is 0 Å². The van der Waals surface area contributed by atoms with Crippen LogP contribution >= 0.6 is 11.8 Å². The molecule has 1 saturated carbocycles. The van der Waals surface area contributed by atoms with Crippen LogP contribution in [0.15, 0.2) is 11.2 Å². The van der Waals surface area contributed by atoms with Crippen molar-refractivity contribution in [2.75, 3.05) is 6.26 Å². The quantitative estimate of drug-likeness (QED) is 0.610. The average molecular weight is 244 g/mol. The van der Waals surface area contributed by atoms with Crippen LogP contribution in [0.2, 0.25) is 0 Å². The fourth-order valence-corrected chi connectivity index (χ4v) is 2.52. The SMILES string of the molecule is CS/C(=C\[N+](=O)[O-])NC1CCCCCCC1. The summed E-state index contributed by atoms with van der Waals surface area (Å²) < 4.78 is 0. The largest absolute Gasteiger partial charge is 0.372 e. The zero-order chi connectivity index (χ0) is 11.8. The molecule has 0 spiro atoms. The number of nitro groups is 1. The second-order valence-corrected chi connectivity index (χ2v) is 5.02. The minimum absolute atomic E-state index is 0.387. The number of thioether (sulfide) groups is 1. The summed E-state index contributed by atoms with van der Waals surface area (Å²) in [4.78, 5) is 10.0. The third-order valence-electron chi connectivity index (χ3n) is 2.89. The summed E-state index contributed by atoms with van der Waals surface area (Å²) in [7, 11) is 0. The molecule has 0 aromatic heterocycles. The minimum Gasteiger partial charge on any atom is -0.372 e. The van der Waals surface area contributed by atoms with Gasteiger partial charge >= 0.3 is 0 Å². The molecule has 0 bridgehead atoms. The standard InChI is InChI=1S/C11H20N2O2S/c1-16-11(9-13(14)15)12-10-7-5-3-2-4-6-8-10/h9-10,12H,2-8H2,1H3/b11-9-. The first-order chi connectivity index (χ1) is 7.72. The molecule has 0 aliphatic heterocycles. The first kappa shape index (κ1) is 13.4. The summed E-state index contributed by atoms with van der Waals surface area (Å²) in [5.74, 6) is 0. The van der Waals surface area contributed by atoms with Crippen LogP contribution in [0.1, 0.15) is 44.9 Å². The van der Waals surface area contributed by atoms with Gasteiger partial charge in [-0.1, -0.05) is 32.1 Å². The van der Waals surface area contributed by atoms with E-state index in [4.69, 9.17) is 0 Å². The lowest BCUT2D eigenvalue weighted by atomic mass is 9.97. The maximum Gasteiger partial charge on any atom is 0.263 e. The molecule has 0 aromatic rings. The van der Waals surface area contributed by atoms with Crippen molar-refractivity contribution >= 4 is 11.8 Å². The predicted octanol–water partition coefficient (Wildman–Crippen LogP) is 3.13. The zero-order valence-electron chi connectivity index (χ0n) is 9.78. The molecule has 0 heterocycles. The summed E-state index contributed by atoms with van der Waals surface area (Å²) >= 11 is 1.41. The average Bonchev–Trinajstić information content (AvgIpc) is 2.19. The van der Waals surface area contributed by atoms with Crippen molar-refractivity contribution in [2.45, 2.75) is 51.0 Å². The smallest absolute Gasteiger partial charge is 0.263 e. The molecule has 1 aliphatic carbocycles. The Balaban J connectivity index is 2.45. The fraction of sp³-hybridized carbons (Fsp3) is 0.818. The highest BCUT2D eigenvalue weighted by Crippen LogP contribution is 2.19. The molecular weight excluding hydrogens is 224 g/mol. The van der Waals surface area contributed by atoms with Crippen LogP contribution in [0.25, 0.3) is 0 Å². The van der Waals surface area contributed by atoms with Gasteiger partial charge in [-0.05, 0) is 19.1 Å². The molecule has 1 rings (SSSR count). The van der Waals surface area contributed by atoms with Crippen molar-refractivity contribution in [1.82, 2.24) is 5.32 Å². The second kappa shape index (κ2) is 7.54. The monoisotopic (exact) mass is 244 g/mol. The molecule has 92 valence electrons. The lowest BCUT2D eigenvalue weighted by Gasteiger charge is -2.21. The minimum atomic E-state index is -0.387. The lowest BCUT2D eigenvalue weighted by molar-refractivity contribution is -0.403. The fourth-order valence-electron chi connectivity index (χ4n) is 2.05. The highest BCUT2D eigenvalue weighted by Gasteiger charge is 2.13. The van der Waals surface area contributed by atoms with Gasteiger partial charge in [-0.15, -0.1) is 11.8 Å². The molecule has 4 nitrogen and oxygen atoms in total. The second-order valence-electron chi connectivity index (χ2n) is 4.17. The topological polar surface area (TPSA) is 55.2 Å². The Hall–Kier alpha value is -0.710. The van der Waals surface area contributed by atoms with Crippen LogP contribution in [0.5, 0.6) is 0 Å². The normalized spacial score (nSPS) is 19.9. The van der Waals surface area contributed by atoms with Gasteiger partial charge in [-0.3, -0.25) is 10.1 Å². The van der Waals surface area contributed by atoms with Crippen molar-refractivity contribution in [1.29, 1.82) is 0 Å². The van der Waals surface area contributed by atoms with Gasteiger partial charge in [0, 0.05) is 6.04 Å². The van der Waals surface area contributed by atoms with Crippen LogP contribution in [-0.2, 0) is 0 Å².